The van der Waals surface area contributed by atoms with Gasteiger partial charge in [-0.2, -0.15) is 5.06 Å². The van der Waals surface area contributed by atoms with E-state index in [9.17, 15) is 0 Å². The third-order valence-corrected chi connectivity index (χ3v) is 1.12. The highest BCUT2D eigenvalue weighted by Crippen LogP contribution is 2.09. The van der Waals surface area contributed by atoms with E-state index in [2.05, 4.69) is 13.5 Å². The quantitative estimate of drug-likeness (QED) is 0.494. The molecule has 1 unspecified atom stereocenters. The zero-order chi connectivity index (χ0) is 5.98. The summed E-state index contributed by atoms with van der Waals surface area (Å²) < 4.78 is 0. The number of nitrogens with zero attached hydrogens (tertiary/aromatic N) is 1. The summed E-state index contributed by atoms with van der Waals surface area (Å²) in [5.41, 5.74) is 0. The molecule has 1 fully saturated rings. The molecule has 1 atom stereocenters. The highest BCUT2D eigenvalue weighted by atomic mass is 16.7. The van der Waals surface area contributed by atoms with Gasteiger partial charge in [-0.25, -0.2) is 0 Å². The van der Waals surface area contributed by atoms with E-state index < -0.39 is 0 Å². The van der Waals surface area contributed by atoms with Crippen molar-refractivity contribution in [2.45, 2.75) is 13.0 Å². The maximum atomic E-state index is 5.14. The average molecular weight is 131 g/mol. The fraction of sp³-hybridized carbons (Fsp3) is 0.667. The Labute approximate surface area is 55.2 Å². The van der Waals surface area contributed by atoms with Gasteiger partial charge in [0.1, 0.15) is 0 Å². The fourth-order valence-corrected chi connectivity index (χ4v) is 0.794. The maximum Gasteiger partial charge on any atom is 0.0915 e. The molecule has 1 rings (SSSR count). The summed E-state index contributed by atoms with van der Waals surface area (Å²) in [5.74, 6) is 0. The van der Waals surface area contributed by atoms with Gasteiger partial charge in [-0.05, 0) is 6.92 Å². The molecule has 2 N–H and O–H groups in total. The highest BCUT2D eigenvalue weighted by molar-refractivity contribution is 4.74. The van der Waals surface area contributed by atoms with Crippen molar-refractivity contribution in [1.82, 2.24) is 5.06 Å². The van der Waals surface area contributed by atoms with Crippen LogP contribution < -0.4 is 0 Å². The SMILES string of the molecule is C=CCN1CC(C)O1.O. The lowest BCUT2D eigenvalue weighted by Gasteiger charge is -2.35. The predicted octanol–water partition coefficient (Wildman–Crippen LogP) is -0.0166. The van der Waals surface area contributed by atoms with Gasteiger partial charge in [-0.1, -0.05) is 6.08 Å². The minimum Gasteiger partial charge on any atom is -0.412 e. The summed E-state index contributed by atoms with van der Waals surface area (Å²) in [6.07, 6.45) is 2.27. The second-order valence-electron chi connectivity index (χ2n) is 2.05. The van der Waals surface area contributed by atoms with E-state index in [1.807, 2.05) is 11.1 Å². The molecule has 1 aliphatic heterocycles. The molecule has 0 saturated carbocycles. The molecular weight excluding hydrogens is 118 g/mol. The lowest BCUT2D eigenvalue weighted by molar-refractivity contribution is -0.283. The van der Waals surface area contributed by atoms with Gasteiger partial charge in [0.15, 0.2) is 0 Å². The first-order valence-electron chi connectivity index (χ1n) is 2.85. The van der Waals surface area contributed by atoms with Crippen LogP contribution in [0.1, 0.15) is 6.92 Å². The predicted molar refractivity (Wildman–Crippen MR) is 35.9 cm³/mol. The van der Waals surface area contributed by atoms with Gasteiger partial charge in [0, 0.05) is 6.54 Å². The van der Waals surface area contributed by atoms with Crippen LogP contribution >= 0.6 is 0 Å². The summed E-state index contributed by atoms with van der Waals surface area (Å²) in [7, 11) is 0. The molecule has 1 aliphatic rings. The molecule has 0 aromatic rings. The largest absolute Gasteiger partial charge is 0.412 e. The number of rotatable bonds is 2. The Balaban J connectivity index is 0.000000640. The van der Waals surface area contributed by atoms with Gasteiger partial charge in [-0.15, -0.1) is 6.58 Å². The van der Waals surface area contributed by atoms with Crippen LogP contribution in [0, 0.1) is 0 Å². The van der Waals surface area contributed by atoms with Crippen LogP contribution in [0.5, 0.6) is 0 Å². The van der Waals surface area contributed by atoms with Gasteiger partial charge in [-0.3, -0.25) is 4.84 Å². The molecule has 0 amide bonds. The Kier molecular flexibility index (Phi) is 3.46. The van der Waals surface area contributed by atoms with Crippen LogP contribution in [0.3, 0.4) is 0 Å². The smallest absolute Gasteiger partial charge is 0.0915 e. The summed E-state index contributed by atoms with van der Waals surface area (Å²) in [5, 5.41) is 1.89. The molecule has 0 bridgehead atoms. The Hall–Kier alpha value is -0.380. The van der Waals surface area contributed by atoms with Crippen LogP contribution in [-0.2, 0) is 4.84 Å². The fourth-order valence-electron chi connectivity index (χ4n) is 0.794. The Bertz CT molecular complexity index is 89.1. The van der Waals surface area contributed by atoms with Crippen molar-refractivity contribution in [3.63, 3.8) is 0 Å². The molecule has 1 heterocycles. The van der Waals surface area contributed by atoms with Crippen LogP contribution in [0.25, 0.3) is 0 Å². The Morgan fingerprint density at radius 2 is 2.44 bits per heavy atom. The molecule has 0 aromatic heterocycles. The van der Waals surface area contributed by atoms with Gasteiger partial charge in [0.2, 0.25) is 0 Å². The molecular formula is C6H13NO2. The van der Waals surface area contributed by atoms with Gasteiger partial charge in [0.05, 0.1) is 12.6 Å². The molecule has 0 radical (unpaired) electrons. The zero-order valence-corrected chi connectivity index (χ0v) is 5.63. The van der Waals surface area contributed by atoms with E-state index in [4.69, 9.17) is 4.84 Å². The topological polar surface area (TPSA) is 44.0 Å². The van der Waals surface area contributed by atoms with Gasteiger partial charge >= 0.3 is 0 Å². The summed E-state index contributed by atoms with van der Waals surface area (Å²) >= 11 is 0. The summed E-state index contributed by atoms with van der Waals surface area (Å²) in [4.78, 5) is 5.14. The molecule has 9 heavy (non-hydrogen) atoms. The van der Waals surface area contributed by atoms with E-state index in [0.29, 0.717) is 6.10 Å². The van der Waals surface area contributed by atoms with Crippen molar-refractivity contribution in [1.29, 1.82) is 0 Å². The highest BCUT2D eigenvalue weighted by Gasteiger charge is 2.21. The third kappa shape index (κ3) is 2.13. The lowest BCUT2D eigenvalue weighted by atomic mass is 10.3. The molecule has 3 nitrogen and oxygen atoms in total. The average Bonchev–Trinajstić information content (AvgIpc) is 1.64. The standard InChI is InChI=1S/C6H11NO.H2O/c1-3-4-7-5-6(2)8-7;/h3,6H,1,4-5H2,2H3;1H2. The van der Waals surface area contributed by atoms with Crippen molar-refractivity contribution in [3.05, 3.63) is 12.7 Å². The molecule has 1 saturated heterocycles. The Morgan fingerprint density at radius 1 is 1.89 bits per heavy atom. The Morgan fingerprint density at radius 3 is 2.78 bits per heavy atom. The molecule has 0 aromatic carbocycles. The molecule has 0 spiro atoms. The molecule has 0 aliphatic carbocycles. The maximum absolute atomic E-state index is 5.14. The summed E-state index contributed by atoms with van der Waals surface area (Å²) in [6.45, 7) is 7.54. The van der Waals surface area contributed by atoms with Crippen molar-refractivity contribution < 1.29 is 10.3 Å². The van der Waals surface area contributed by atoms with Crippen LogP contribution in [0.4, 0.5) is 0 Å². The third-order valence-electron chi connectivity index (χ3n) is 1.12. The monoisotopic (exact) mass is 131 g/mol. The number of hydrogen-bond acceptors (Lipinski definition) is 2. The first kappa shape index (κ1) is 8.62. The summed E-state index contributed by atoms with van der Waals surface area (Å²) in [6, 6.07) is 0. The van der Waals surface area contributed by atoms with Crippen molar-refractivity contribution in [2.75, 3.05) is 13.1 Å². The zero-order valence-electron chi connectivity index (χ0n) is 5.63. The van der Waals surface area contributed by atoms with Crippen molar-refractivity contribution in [3.8, 4) is 0 Å². The van der Waals surface area contributed by atoms with Gasteiger partial charge < -0.3 is 5.48 Å². The van der Waals surface area contributed by atoms with E-state index >= 15 is 0 Å². The normalized spacial score (nSPS) is 26.1. The van der Waals surface area contributed by atoms with Crippen molar-refractivity contribution in [2.24, 2.45) is 0 Å². The minimum absolute atomic E-state index is 0. The van der Waals surface area contributed by atoms with E-state index in [-0.39, 0.29) is 5.48 Å². The van der Waals surface area contributed by atoms with E-state index in [1.165, 1.54) is 0 Å². The first-order valence-corrected chi connectivity index (χ1v) is 2.85. The second-order valence-corrected chi connectivity index (χ2v) is 2.05. The minimum atomic E-state index is 0. The molecule has 54 valence electrons. The van der Waals surface area contributed by atoms with Gasteiger partial charge in [0.25, 0.3) is 0 Å². The van der Waals surface area contributed by atoms with Crippen LogP contribution in [-0.4, -0.2) is 29.7 Å². The number of hydroxylamine groups is 2. The molecule has 3 heteroatoms. The lowest BCUT2D eigenvalue weighted by Crippen LogP contribution is -2.46. The number of hydrogen-bond donors (Lipinski definition) is 0. The van der Waals surface area contributed by atoms with E-state index in [1.54, 1.807) is 0 Å². The van der Waals surface area contributed by atoms with Crippen LogP contribution in [0.15, 0.2) is 12.7 Å². The van der Waals surface area contributed by atoms with Crippen LogP contribution in [0.2, 0.25) is 0 Å². The second kappa shape index (κ2) is 3.61. The van der Waals surface area contributed by atoms with Crippen molar-refractivity contribution >= 4 is 0 Å². The van der Waals surface area contributed by atoms with E-state index in [0.717, 1.165) is 13.1 Å². The first-order chi connectivity index (χ1) is 3.83.